The molecule has 0 fully saturated rings. The fraction of sp³-hybridized carbons (Fsp3) is 0.400. The topological polar surface area (TPSA) is 40.5 Å². The SMILES string of the molecule is OC(CCBr)C(O)c1cc(F)ccc1Br. The van der Waals surface area contributed by atoms with Crippen molar-refractivity contribution in [2.45, 2.75) is 18.6 Å². The zero-order chi connectivity index (χ0) is 11.4. The van der Waals surface area contributed by atoms with Crippen LogP contribution in [0.1, 0.15) is 18.1 Å². The predicted molar refractivity (Wildman–Crippen MR) is 63.5 cm³/mol. The minimum absolute atomic E-state index is 0.364. The summed E-state index contributed by atoms with van der Waals surface area (Å²) in [4.78, 5) is 0. The second-order valence-electron chi connectivity index (χ2n) is 3.16. The maximum absolute atomic E-state index is 12.9. The quantitative estimate of drug-likeness (QED) is 0.827. The second kappa shape index (κ2) is 5.94. The molecule has 2 unspecified atom stereocenters. The van der Waals surface area contributed by atoms with Crippen molar-refractivity contribution in [3.63, 3.8) is 0 Å². The molecule has 0 aliphatic carbocycles. The van der Waals surface area contributed by atoms with Gasteiger partial charge in [-0.3, -0.25) is 0 Å². The van der Waals surface area contributed by atoms with Crippen LogP contribution in [0.5, 0.6) is 0 Å². The van der Waals surface area contributed by atoms with Crippen LogP contribution in [0, 0.1) is 5.82 Å². The molecule has 0 aliphatic heterocycles. The zero-order valence-corrected chi connectivity index (χ0v) is 11.0. The molecule has 2 nitrogen and oxygen atoms in total. The van der Waals surface area contributed by atoms with Gasteiger partial charge in [-0.05, 0) is 24.6 Å². The van der Waals surface area contributed by atoms with Crippen molar-refractivity contribution in [2.24, 2.45) is 0 Å². The van der Waals surface area contributed by atoms with E-state index in [2.05, 4.69) is 31.9 Å². The summed E-state index contributed by atoms with van der Waals surface area (Å²) in [6.45, 7) is 0. The number of aliphatic hydroxyl groups is 2. The van der Waals surface area contributed by atoms with Gasteiger partial charge in [0.1, 0.15) is 11.9 Å². The number of hydrogen-bond acceptors (Lipinski definition) is 2. The van der Waals surface area contributed by atoms with E-state index < -0.39 is 18.0 Å². The first-order valence-corrected chi connectivity index (χ1v) is 6.34. The average molecular weight is 342 g/mol. The number of alkyl halides is 1. The van der Waals surface area contributed by atoms with Gasteiger partial charge in [0.15, 0.2) is 0 Å². The molecule has 2 atom stereocenters. The maximum Gasteiger partial charge on any atom is 0.123 e. The predicted octanol–water partition coefficient (Wildman–Crippen LogP) is 2.77. The molecule has 0 aliphatic rings. The number of aliphatic hydroxyl groups excluding tert-OH is 2. The van der Waals surface area contributed by atoms with E-state index in [0.717, 1.165) is 0 Å². The van der Waals surface area contributed by atoms with E-state index in [-0.39, 0.29) is 0 Å². The van der Waals surface area contributed by atoms with Gasteiger partial charge in [-0.2, -0.15) is 0 Å². The van der Waals surface area contributed by atoms with Crippen molar-refractivity contribution >= 4 is 31.9 Å². The Hall–Kier alpha value is 0.0300. The summed E-state index contributed by atoms with van der Waals surface area (Å²) in [6.07, 6.45) is -1.57. The molecule has 15 heavy (non-hydrogen) atoms. The van der Waals surface area contributed by atoms with E-state index in [1.165, 1.54) is 18.2 Å². The average Bonchev–Trinajstić information content (AvgIpc) is 2.21. The number of benzene rings is 1. The molecule has 0 bridgehead atoms. The molecule has 0 aromatic heterocycles. The van der Waals surface area contributed by atoms with E-state index in [4.69, 9.17) is 0 Å². The van der Waals surface area contributed by atoms with Gasteiger partial charge in [0.2, 0.25) is 0 Å². The Bertz CT molecular complexity index is 333. The Kier molecular flexibility index (Phi) is 5.18. The van der Waals surface area contributed by atoms with Gasteiger partial charge >= 0.3 is 0 Å². The van der Waals surface area contributed by atoms with Crippen molar-refractivity contribution in [3.05, 3.63) is 34.1 Å². The van der Waals surface area contributed by atoms with Crippen LogP contribution in [0.2, 0.25) is 0 Å². The Morgan fingerprint density at radius 1 is 1.33 bits per heavy atom. The lowest BCUT2D eigenvalue weighted by Crippen LogP contribution is -2.19. The number of halogens is 3. The van der Waals surface area contributed by atoms with E-state index in [1.807, 2.05) is 0 Å². The summed E-state index contributed by atoms with van der Waals surface area (Å²) < 4.78 is 13.5. The van der Waals surface area contributed by atoms with Crippen LogP contribution >= 0.6 is 31.9 Å². The Morgan fingerprint density at radius 3 is 2.60 bits per heavy atom. The summed E-state index contributed by atoms with van der Waals surface area (Å²) in [7, 11) is 0. The molecule has 0 saturated carbocycles. The first kappa shape index (κ1) is 13.1. The highest BCUT2D eigenvalue weighted by atomic mass is 79.9. The molecular formula is C10H11Br2FO2. The van der Waals surface area contributed by atoms with Crippen LogP contribution in [-0.2, 0) is 0 Å². The Morgan fingerprint density at radius 2 is 2.00 bits per heavy atom. The smallest absolute Gasteiger partial charge is 0.123 e. The molecular weight excluding hydrogens is 331 g/mol. The first-order valence-electron chi connectivity index (χ1n) is 4.43. The summed E-state index contributed by atoms with van der Waals surface area (Å²) in [6, 6.07) is 4.01. The van der Waals surface area contributed by atoms with Gasteiger partial charge in [0.05, 0.1) is 6.10 Å². The van der Waals surface area contributed by atoms with Crippen molar-refractivity contribution in [1.29, 1.82) is 0 Å². The first-order chi connectivity index (χ1) is 7.06. The van der Waals surface area contributed by atoms with Gasteiger partial charge < -0.3 is 10.2 Å². The molecule has 1 aromatic rings. The zero-order valence-electron chi connectivity index (χ0n) is 7.83. The highest BCUT2D eigenvalue weighted by Gasteiger charge is 2.20. The third kappa shape index (κ3) is 3.52. The van der Waals surface area contributed by atoms with Crippen molar-refractivity contribution < 1.29 is 14.6 Å². The van der Waals surface area contributed by atoms with Crippen LogP contribution in [0.3, 0.4) is 0 Å². The minimum Gasteiger partial charge on any atom is -0.390 e. The van der Waals surface area contributed by atoms with Crippen molar-refractivity contribution in [1.82, 2.24) is 0 Å². The molecule has 1 aromatic carbocycles. The van der Waals surface area contributed by atoms with Crippen LogP contribution in [0.4, 0.5) is 4.39 Å². The van der Waals surface area contributed by atoms with Crippen LogP contribution < -0.4 is 0 Å². The van der Waals surface area contributed by atoms with E-state index in [1.54, 1.807) is 0 Å². The van der Waals surface area contributed by atoms with E-state index in [9.17, 15) is 14.6 Å². The van der Waals surface area contributed by atoms with E-state index in [0.29, 0.717) is 21.8 Å². The Balaban J connectivity index is 2.89. The van der Waals surface area contributed by atoms with Gasteiger partial charge in [-0.25, -0.2) is 4.39 Å². The van der Waals surface area contributed by atoms with Gasteiger partial charge in [-0.1, -0.05) is 31.9 Å². The van der Waals surface area contributed by atoms with Crippen LogP contribution in [-0.4, -0.2) is 21.6 Å². The number of rotatable bonds is 4. The third-order valence-corrected chi connectivity index (χ3v) is 3.23. The highest BCUT2D eigenvalue weighted by Crippen LogP contribution is 2.27. The van der Waals surface area contributed by atoms with Crippen LogP contribution in [0.15, 0.2) is 22.7 Å². The molecule has 0 amide bonds. The summed E-state index contributed by atoms with van der Waals surface area (Å²) >= 11 is 6.37. The molecule has 0 saturated heterocycles. The summed E-state index contributed by atoms with van der Waals surface area (Å²) in [5, 5.41) is 19.9. The van der Waals surface area contributed by atoms with Crippen molar-refractivity contribution in [3.8, 4) is 0 Å². The molecule has 0 spiro atoms. The van der Waals surface area contributed by atoms with Gasteiger partial charge in [0, 0.05) is 15.4 Å². The molecule has 5 heteroatoms. The fourth-order valence-electron chi connectivity index (χ4n) is 1.22. The fourth-order valence-corrected chi connectivity index (χ4v) is 2.17. The molecule has 2 N–H and O–H groups in total. The third-order valence-electron chi connectivity index (χ3n) is 2.05. The second-order valence-corrected chi connectivity index (χ2v) is 4.80. The Labute approximate surface area is 104 Å². The lowest BCUT2D eigenvalue weighted by Gasteiger charge is -2.18. The molecule has 0 radical (unpaired) electrons. The standard InChI is InChI=1S/C10H11Br2FO2/c11-4-3-9(14)10(15)7-5-6(13)1-2-8(7)12/h1-2,5,9-10,14-15H,3-4H2. The monoisotopic (exact) mass is 340 g/mol. The number of hydrogen-bond donors (Lipinski definition) is 2. The highest BCUT2D eigenvalue weighted by molar-refractivity contribution is 9.10. The van der Waals surface area contributed by atoms with Crippen LogP contribution in [0.25, 0.3) is 0 Å². The maximum atomic E-state index is 12.9. The summed E-state index contributed by atoms with van der Waals surface area (Å²) in [5.41, 5.74) is 0.364. The normalized spacial score (nSPS) is 15.0. The molecule has 0 heterocycles. The molecule has 1 rings (SSSR count). The summed E-state index contributed by atoms with van der Waals surface area (Å²) in [5.74, 6) is -0.432. The lowest BCUT2D eigenvalue weighted by molar-refractivity contribution is 0.0168. The van der Waals surface area contributed by atoms with E-state index >= 15 is 0 Å². The lowest BCUT2D eigenvalue weighted by atomic mass is 10.0. The van der Waals surface area contributed by atoms with Crippen molar-refractivity contribution in [2.75, 3.05) is 5.33 Å². The minimum atomic E-state index is -1.08. The van der Waals surface area contributed by atoms with Gasteiger partial charge in [-0.15, -0.1) is 0 Å². The van der Waals surface area contributed by atoms with Gasteiger partial charge in [0.25, 0.3) is 0 Å². The molecule has 84 valence electrons. The largest absolute Gasteiger partial charge is 0.390 e.